The van der Waals surface area contributed by atoms with Gasteiger partial charge in [0.2, 0.25) is 0 Å². The molecular weight excluding hydrogens is 196 g/mol. The van der Waals surface area contributed by atoms with E-state index in [1.54, 1.807) is 6.08 Å². The van der Waals surface area contributed by atoms with Crippen LogP contribution in [0.4, 0.5) is 0 Å². The summed E-state index contributed by atoms with van der Waals surface area (Å²) in [5.41, 5.74) is 0. The molecule has 0 aromatic carbocycles. The van der Waals surface area contributed by atoms with Gasteiger partial charge in [-0.25, -0.2) is 0 Å². The van der Waals surface area contributed by atoms with Gasteiger partial charge >= 0.3 is 11.9 Å². The van der Waals surface area contributed by atoms with Gasteiger partial charge in [0.1, 0.15) is 0 Å². The molecule has 0 bridgehead atoms. The van der Waals surface area contributed by atoms with Crippen LogP contribution < -0.4 is 0 Å². The van der Waals surface area contributed by atoms with Crippen molar-refractivity contribution in [1.29, 1.82) is 0 Å². The lowest BCUT2D eigenvalue weighted by Gasteiger charge is -2.09. The molecule has 0 heterocycles. The van der Waals surface area contributed by atoms with E-state index in [0.717, 1.165) is 12.8 Å². The van der Waals surface area contributed by atoms with Gasteiger partial charge in [-0.2, -0.15) is 0 Å². The molecule has 86 valence electrons. The fourth-order valence-corrected chi connectivity index (χ4v) is 1.05. The Balaban J connectivity index is 3.52. The highest BCUT2D eigenvalue weighted by molar-refractivity contribution is 5.70. The Labute approximate surface area is 90.2 Å². The Hall–Kier alpha value is -1.32. The number of carbonyl (C=O) groups excluding carboxylic acids is 2. The molecule has 4 nitrogen and oxygen atoms in total. The highest BCUT2D eigenvalue weighted by Gasteiger charge is 2.03. The summed E-state index contributed by atoms with van der Waals surface area (Å²) in [5, 5.41) is 0. The number of esters is 2. The second kappa shape index (κ2) is 8.03. The smallest absolute Gasteiger partial charge is 0.309 e. The minimum Gasteiger partial charge on any atom is -0.469 e. The average Bonchev–Trinajstić information content (AvgIpc) is 2.15. The maximum Gasteiger partial charge on any atom is 0.309 e. The molecule has 0 aliphatic carbocycles. The fraction of sp³-hybridized carbons (Fsp3) is 0.636. The molecule has 15 heavy (non-hydrogen) atoms. The van der Waals surface area contributed by atoms with E-state index in [1.165, 1.54) is 14.0 Å². The van der Waals surface area contributed by atoms with Gasteiger partial charge in [-0.05, 0) is 19.8 Å². The van der Waals surface area contributed by atoms with Gasteiger partial charge in [-0.15, -0.1) is 0 Å². The number of carbonyl (C=O) groups is 2. The zero-order chi connectivity index (χ0) is 11.7. The molecule has 0 aliphatic heterocycles. The van der Waals surface area contributed by atoms with Crippen molar-refractivity contribution in [2.45, 2.75) is 39.2 Å². The van der Waals surface area contributed by atoms with Crippen LogP contribution in [0.25, 0.3) is 0 Å². The molecule has 0 aromatic heterocycles. The summed E-state index contributed by atoms with van der Waals surface area (Å²) in [6.07, 6.45) is 5.40. The zero-order valence-corrected chi connectivity index (χ0v) is 9.49. The summed E-state index contributed by atoms with van der Waals surface area (Å²) in [5.74, 6) is -0.514. The van der Waals surface area contributed by atoms with E-state index < -0.39 is 0 Å². The average molecular weight is 214 g/mol. The lowest BCUT2D eigenvalue weighted by molar-refractivity contribution is -0.145. The topological polar surface area (TPSA) is 52.6 Å². The number of rotatable bonds is 6. The standard InChI is InChI=1S/C11H18O4/c1-9(15-10(2)12)7-5-4-6-8-11(13)14-3/h4,6,9H,5,7-8H2,1-3H3/b6-4+. The SMILES string of the molecule is COC(=O)C/C=C/CCC(C)OC(C)=O. The third-order valence-electron chi connectivity index (χ3n) is 1.79. The third kappa shape index (κ3) is 9.00. The van der Waals surface area contributed by atoms with Gasteiger partial charge in [0.05, 0.1) is 19.6 Å². The Morgan fingerprint density at radius 3 is 2.53 bits per heavy atom. The molecule has 0 aliphatic rings. The van der Waals surface area contributed by atoms with Gasteiger partial charge in [-0.3, -0.25) is 9.59 Å². The van der Waals surface area contributed by atoms with Gasteiger partial charge < -0.3 is 9.47 Å². The summed E-state index contributed by atoms with van der Waals surface area (Å²) in [4.78, 5) is 21.3. The van der Waals surface area contributed by atoms with Gasteiger partial charge in [0.25, 0.3) is 0 Å². The Morgan fingerprint density at radius 1 is 1.33 bits per heavy atom. The number of ether oxygens (including phenoxy) is 2. The largest absolute Gasteiger partial charge is 0.469 e. The van der Waals surface area contributed by atoms with Crippen molar-refractivity contribution in [3.05, 3.63) is 12.2 Å². The predicted octanol–water partition coefficient (Wildman–Crippen LogP) is 1.84. The van der Waals surface area contributed by atoms with Crippen molar-refractivity contribution in [2.24, 2.45) is 0 Å². The molecule has 0 radical (unpaired) electrons. The first-order valence-electron chi connectivity index (χ1n) is 4.95. The van der Waals surface area contributed by atoms with Crippen LogP contribution in [0, 0.1) is 0 Å². The monoisotopic (exact) mass is 214 g/mol. The second-order valence-electron chi connectivity index (χ2n) is 3.25. The lowest BCUT2D eigenvalue weighted by Crippen LogP contribution is -2.11. The summed E-state index contributed by atoms with van der Waals surface area (Å²) in [6, 6.07) is 0. The minimum atomic E-state index is -0.263. The Bertz CT molecular complexity index is 233. The summed E-state index contributed by atoms with van der Waals surface area (Å²) in [6.45, 7) is 3.24. The minimum absolute atomic E-state index is 0.0784. The highest BCUT2D eigenvalue weighted by Crippen LogP contribution is 2.03. The molecule has 0 saturated heterocycles. The van der Waals surface area contributed by atoms with Gasteiger partial charge in [0, 0.05) is 6.92 Å². The first kappa shape index (κ1) is 13.7. The molecule has 0 N–H and O–H groups in total. The maximum atomic E-state index is 10.7. The number of hydrogen-bond donors (Lipinski definition) is 0. The van der Waals surface area contributed by atoms with Crippen molar-refractivity contribution < 1.29 is 19.1 Å². The van der Waals surface area contributed by atoms with Gasteiger partial charge in [0.15, 0.2) is 0 Å². The van der Waals surface area contributed by atoms with Crippen LogP contribution in [0.3, 0.4) is 0 Å². The maximum absolute atomic E-state index is 10.7. The van der Waals surface area contributed by atoms with E-state index >= 15 is 0 Å². The Kier molecular flexibility index (Phi) is 7.32. The summed E-state index contributed by atoms with van der Waals surface area (Å²) < 4.78 is 9.41. The zero-order valence-electron chi connectivity index (χ0n) is 9.49. The molecule has 0 aromatic rings. The van der Waals surface area contributed by atoms with E-state index in [4.69, 9.17) is 4.74 Å². The van der Waals surface area contributed by atoms with E-state index in [9.17, 15) is 9.59 Å². The van der Waals surface area contributed by atoms with Crippen molar-refractivity contribution in [2.75, 3.05) is 7.11 Å². The lowest BCUT2D eigenvalue weighted by atomic mass is 10.2. The van der Waals surface area contributed by atoms with Crippen molar-refractivity contribution in [3.63, 3.8) is 0 Å². The number of methoxy groups -OCH3 is 1. The van der Waals surface area contributed by atoms with Crippen molar-refractivity contribution >= 4 is 11.9 Å². The van der Waals surface area contributed by atoms with Crippen molar-refractivity contribution in [3.8, 4) is 0 Å². The molecule has 0 spiro atoms. The van der Waals surface area contributed by atoms with Crippen LogP contribution >= 0.6 is 0 Å². The van der Waals surface area contributed by atoms with E-state index in [1.807, 2.05) is 13.0 Å². The van der Waals surface area contributed by atoms with Crippen LogP contribution in [0.15, 0.2) is 12.2 Å². The van der Waals surface area contributed by atoms with Gasteiger partial charge in [-0.1, -0.05) is 12.2 Å². The van der Waals surface area contributed by atoms with Crippen molar-refractivity contribution in [1.82, 2.24) is 0 Å². The van der Waals surface area contributed by atoms with Crippen LogP contribution in [0.2, 0.25) is 0 Å². The first-order valence-corrected chi connectivity index (χ1v) is 4.95. The number of hydrogen-bond acceptors (Lipinski definition) is 4. The quantitative estimate of drug-likeness (QED) is 0.500. The van der Waals surface area contributed by atoms with E-state index in [0.29, 0.717) is 6.42 Å². The molecule has 1 unspecified atom stereocenters. The van der Waals surface area contributed by atoms with Crippen LogP contribution in [-0.4, -0.2) is 25.2 Å². The first-order chi connectivity index (χ1) is 7.06. The summed E-state index contributed by atoms with van der Waals surface area (Å²) in [7, 11) is 1.36. The normalized spacial score (nSPS) is 12.5. The van der Waals surface area contributed by atoms with Crippen LogP contribution in [0.5, 0.6) is 0 Å². The molecular formula is C11H18O4. The molecule has 1 atom stereocenters. The Morgan fingerprint density at radius 2 is 2.00 bits per heavy atom. The molecule has 4 heteroatoms. The number of allylic oxidation sites excluding steroid dienone is 1. The molecule has 0 saturated carbocycles. The molecule has 0 fully saturated rings. The fourth-order valence-electron chi connectivity index (χ4n) is 1.05. The van der Waals surface area contributed by atoms with Crippen LogP contribution in [-0.2, 0) is 19.1 Å². The predicted molar refractivity (Wildman–Crippen MR) is 56.2 cm³/mol. The van der Waals surface area contributed by atoms with Crippen LogP contribution in [0.1, 0.15) is 33.1 Å². The van der Waals surface area contributed by atoms with E-state index in [-0.39, 0.29) is 18.0 Å². The van der Waals surface area contributed by atoms with E-state index in [2.05, 4.69) is 4.74 Å². The molecule has 0 amide bonds. The third-order valence-corrected chi connectivity index (χ3v) is 1.79. The summed E-state index contributed by atoms with van der Waals surface area (Å²) >= 11 is 0. The highest BCUT2D eigenvalue weighted by atomic mass is 16.5. The molecule has 0 rings (SSSR count). The second-order valence-corrected chi connectivity index (χ2v) is 3.25.